The molecule has 0 saturated heterocycles. The standard InChI is InChI=1S/C20H19NO5/c1-13-8-10-15(11-9-13)21-18(19(23)25-2)20(24)17(22)12-16(26-20)14-6-4-3-5-7-14/h3-12,18,21,24H,1-2H3/t18-,20-/m1/s1. The van der Waals surface area contributed by atoms with Crippen LogP contribution in [0.3, 0.4) is 0 Å². The highest BCUT2D eigenvalue weighted by Gasteiger charge is 2.54. The van der Waals surface area contributed by atoms with Gasteiger partial charge in [0.1, 0.15) is 5.76 Å². The number of ketones is 1. The SMILES string of the molecule is COC(=O)[C@@H](Nc1ccc(C)cc1)[C@]1(O)OC(c2ccccc2)=CC1=O. The van der Waals surface area contributed by atoms with E-state index in [2.05, 4.69) is 5.32 Å². The van der Waals surface area contributed by atoms with Crippen molar-refractivity contribution in [3.05, 3.63) is 71.8 Å². The van der Waals surface area contributed by atoms with Gasteiger partial charge in [0.25, 0.3) is 0 Å². The van der Waals surface area contributed by atoms with Gasteiger partial charge in [-0.25, -0.2) is 4.79 Å². The highest BCUT2D eigenvalue weighted by atomic mass is 16.6. The Morgan fingerprint density at radius 1 is 1.15 bits per heavy atom. The Morgan fingerprint density at radius 2 is 1.81 bits per heavy atom. The second kappa shape index (κ2) is 7.01. The number of rotatable bonds is 5. The second-order valence-corrected chi connectivity index (χ2v) is 6.00. The average Bonchev–Trinajstić information content (AvgIpc) is 2.97. The number of hydrogen-bond donors (Lipinski definition) is 2. The number of methoxy groups -OCH3 is 1. The molecule has 0 saturated carbocycles. The topological polar surface area (TPSA) is 84.9 Å². The molecule has 0 spiro atoms. The van der Waals surface area contributed by atoms with E-state index in [1.54, 1.807) is 36.4 Å². The van der Waals surface area contributed by atoms with Crippen molar-refractivity contribution in [2.45, 2.75) is 18.8 Å². The van der Waals surface area contributed by atoms with Crippen LogP contribution in [0.4, 0.5) is 5.69 Å². The van der Waals surface area contributed by atoms with Crippen molar-refractivity contribution in [3.8, 4) is 0 Å². The fraction of sp³-hybridized carbons (Fsp3) is 0.200. The minimum Gasteiger partial charge on any atom is -0.467 e. The molecule has 2 aromatic rings. The number of benzene rings is 2. The van der Waals surface area contributed by atoms with Crippen molar-refractivity contribution >= 4 is 23.2 Å². The summed E-state index contributed by atoms with van der Waals surface area (Å²) in [4.78, 5) is 24.8. The van der Waals surface area contributed by atoms with Crippen molar-refractivity contribution in [1.82, 2.24) is 0 Å². The predicted octanol–water partition coefficient (Wildman–Crippen LogP) is 2.28. The van der Waals surface area contributed by atoms with Crippen LogP contribution in [0.25, 0.3) is 5.76 Å². The molecule has 134 valence electrons. The van der Waals surface area contributed by atoms with Gasteiger partial charge in [0, 0.05) is 17.3 Å². The number of nitrogens with one attached hydrogen (secondary N) is 1. The monoisotopic (exact) mass is 353 g/mol. The first kappa shape index (κ1) is 17.7. The summed E-state index contributed by atoms with van der Waals surface area (Å²) in [5, 5.41) is 13.7. The van der Waals surface area contributed by atoms with Gasteiger partial charge in [-0.2, -0.15) is 0 Å². The lowest BCUT2D eigenvalue weighted by atomic mass is 10.0. The van der Waals surface area contributed by atoms with Crippen LogP contribution < -0.4 is 5.32 Å². The Hall–Kier alpha value is -3.12. The third-order valence-corrected chi connectivity index (χ3v) is 4.13. The molecule has 2 aromatic carbocycles. The van der Waals surface area contributed by atoms with Crippen LogP contribution in [-0.4, -0.2) is 35.8 Å². The average molecular weight is 353 g/mol. The summed E-state index contributed by atoms with van der Waals surface area (Å²) in [5.74, 6) is -3.75. The first-order chi connectivity index (χ1) is 12.4. The van der Waals surface area contributed by atoms with Crippen LogP contribution in [0.1, 0.15) is 11.1 Å². The third kappa shape index (κ3) is 3.32. The molecule has 26 heavy (non-hydrogen) atoms. The highest BCUT2D eigenvalue weighted by molar-refractivity contribution is 6.07. The normalized spacial score (nSPS) is 20.1. The van der Waals surface area contributed by atoms with E-state index >= 15 is 0 Å². The van der Waals surface area contributed by atoms with Crippen LogP contribution in [0.2, 0.25) is 0 Å². The molecule has 0 fully saturated rings. The van der Waals surface area contributed by atoms with Crippen LogP contribution >= 0.6 is 0 Å². The van der Waals surface area contributed by atoms with Gasteiger partial charge < -0.3 is 19.9 Å². The minimum atomic E-state index is -2.40. The van der Waals surface area contributed by atoms with Gasteiger partial charge in [0.15, 0.2) is 6.04 Å². The number of aryl methyl sites for hydroxylation is 1. The van der Waals surface area contributed by atoms with Crippen LogP contribution in [0.15, 0.2) is 60.7 Å². The Kier molecular flexibility index (Phi) is 4.77. The number of ether oxygens (including phenoxy) is 2. The molecule has 1 heterocycles. The maximum absolute atomic E-state index is 12.5. The molecule has 1 aliphatic rings. The molecule has 2 N–H and O–H groups in total. The number of carbonyl (C=O) groups excluding carboxylic acids is 2. The molecule has 1 aliphatic heterocycles. The first-order valence-corrected chi connectivity index (χ1v) is 8.08. The van der Waals surface area contributed by atoms with Gasteiger partial charge in [-0.05, 0) is 19.1 Å². The van der Waals surface area contributed by atoms with E-state index in [9.17, 15) is 14.7 Å². The van der Waals surface area contributed by atoms with Gasteiger partial charge in [0.2, 0.25) is 5.78 Å². The van der Waals surface area contributed by atoms with Crippen LogP contribution in [-0.2, 0) is 19.1 Å². The quantitative estimate of drug-likeness (QED) is 0.802. The van der Waals surface area contributed by atoms with E-state index in [1.807, 2.05) is 25.1 Å². The summed E-state index contributed by atoms with van der Waals surface area (Å²) < 4.78 is 10.3. The Morgan fingerprint density at radius 3 is 2.42 bits per heavy atom. The molecule has 0 bridgehead atoms. The molecule has 2 atom stereocenters. The highest BCUT2D eigenvalue weighted by Crippen LogP contribution is 2.33. The molecule has 0 unspecified atom stereocenters. The summed E-state index contributed by atoms with van der Waals surface area (Å²) >= 11 is 0. The van der Waals surface area contributed by atoms with Crippen molar-refractivity contribution in [1.29, 1.82) is 0 Å². The fourth-order valence-corrected chi connectivity index (χ4v) is 2.67. The maximum Gasteiger partial charge on any atom is 0.335 e. The summed E-state index contributed by atoms with van der Waals surface area (Å²) in [6.07, 6.45) is 1.18. The summed E-state index contributed by atoms with van der Waals surface area (Å²) in [6.45, 7) is 1.93. The Balaban J connectivity index is 1.90. The van der Waals surface area contributed by atoms with Gasteiger partial charge >= 0.3 is 11.8 Å². The zero-order valence-corrected chi connectivity index (χ0v) is 14.4. The Bertz CT molecular complexity index is 844. The largest absolute Gasteiger partial charge is 0.467 e. The summed E-state index contributed by atoms with van der Waals surface area (Å²) in [7, 11) is 1.18. The molecular weight excluding hydrogens is 334 g/mol. The zero-order chi connectivity index (χ0) is 18.7. The van der Waals surface area contributed by atoms with E-state index in [0.717, 1.165) is 5.56 Å². The third-order valence-electron chi connectivity index (χ3n) is 4.13. The lowest BCUT2D eigenvalue weighted by Gasteiger charge is -2.30. The minimum absolute atomic E-state index is 0.192. The summed E-state index contributed by atoms with van der Waals surface area (Å²) in [5.41, 5.74) is 2.20. The molecule has 0 aromatic heterocycles. The maximum atomic E-state index is 12.5. The zero-order valence-electron chi connectivity index (χ0n) is 14.4. The van der Waals surface area contributed by atoms with Crippen molar-refractivity contribution in [2.75, 3.05) is 12.4 Å². The van der Waals surface area contributed by atoms with E-state index in [4.69, 9.17) is 9.47 Å². The molecule has 3 rings (SSSR count). The molecule has 6 nitrogen and oxygen atoms in total. The number of aliphatic hydroxyl groups is 1. The predicted molar refractivity (Wildman–Crippen MR) is 96.1 cm³/mol. The molecule has 0 radical (unpaired) electrons. The lowest BCUT2D eigenvalue weighted by Crippen LogP contribution is -2.56. The van der Waals surface area contributed by atoms with Gasteiger partial charge in [-0.15, -0.1) is 0 Å². The number of esters is 1. The van der Waals surface area contributed by atoms with Crippen LogP contribution in [0.5, 0.6) is 0 Å². The molecular formula is C20H19NO5. The fourth-order valence-electron chi connectivity index (χ4n) is 2.67. The Labute approximate surface area is 151 Å². The summed E-state index contributed by atoms with van der Waals surface area (Å²) in [6, 6.07) is 14.6. The van der Waals surface area contributed by atoms with E-state index in [-0.39, 0.29) is 5.76 Å². The smallest absolute Gasteiger partial charge is 0.335 e. The molecule has 0 aliphatic carbocycles. The number of hydrogen-bond acceptors (Lipinski definition) is 6. The lowest BCUT2D eigenvalue weighted by molar-refractivity contribution is -0.185. The van der Waals surface area contributed by atoms with Gasteiger partial charge in [0.05, 0.1) is 7.11 Å². The van der Waals surface area contributed by atoms with Crippen molar-refractivity contribution in [2.24, 2.45) is 0 Å². The first-order valence-electron chi connectivity index (χ1n) is 8.08. The second-order valence-electron chi connectivity index (χ2n) is 6.00. The van der Waals surface area contributed by atoms with Gasteiger partial charge in [-0.3, -0.25) is 4.79 Å². The number of carbonyl (C=O) groups is 2. The van der Waals surface area contributed by atoms with E-state index in [0.29, 0.717) is 11.3 Å². The van der Waals surface area contributed by atoms with Gasteiger partial charge in [-0.1, -0.05) is 48.0 Å². The van der Waals surface area contributed by atoms with E-state index in [1.165, 1.54) is 13.2 Å². The van der Waals surface area contributed by atoms with E-state index < -0.39 is 23.6 Å². The van der Waals surface area contributed by atoms with Crippen LogP contribution in [0, 0.1) is 6.92 Å². The molecule has 0 amide bonds. The molecule has 6 heteroatoms. The number of anilines is 1. The van der Waals surface area contributed by atoms with Crippen molar-refractivity contribution in [3.63, 3.8) is 0 Å². The van der Waals surface area contributed by atoms with Crippen molar-refractivity contribution < 1.29 is 24.2 Å².